The van der Waals surface area contributed by atoms with Crippen LogP contribution in [0.2, 0.25) is 0 Å². The topological polar surface area (TPSA) is 60.0 Å². The van der Waals surface area contributed by atoms with Crippen LogP contribution in [0.4, 0.5) is 5.82 Å². The Morgan fingerprint density at radius 3 is 2.62 bits per heavy atom. The highest BCUT2D eigenvalue weighted by atomic mass is 17.2. The smallest absolute Gasteiger partial charge is 0.333 e. The van der Waals surface area contributed by atoms with E-state index in [1.54, 1.807) is 7.11 Å². The molecule has 136 valence electrons. The monoisotopic (exact) mass is 354 g/mol. The van der Waals surface area contributed by atoms with Crippen LogP contribution in [0, 0.1) is 0 Å². The van der Waals surface area contributed by atoms with Gasteiger partial charge >= 0.3 is 7.48 Å². The number of rotatable bonds is 5. The van der Waals surface area contributed by atoms with E-state index < -0.39 is 0 Å². The second kappa shape index (κ2) is 8.03. The van der Waals surface area contributed by atoms with Gasteiger partial charge in [-0.25, -0.2) is 9.97 Å². The molecule has 2 aliphatic heterocycles. The summed E-state index contributed by atoms with van der Waals surface area (Å²) >= 11 is 0. The number of nitrogens with zero attached hydrogens (tertiary/aromatic N) is 4. The molecule has 0 N–H and O–H groups in total. The Morgan fingerprint density at radius 1 is 1.12 bits per heavy atom. The zero-order valence-electron chi connectivity index (χ0n) is 15.0. The molecule has 0 amide bonds. The lowest BCUT2D eigenvalue weighted by molar-refractivity contribution is -0.183. The summed E-state index contributed by atoms with van der Waals surface area (Å²) in [5.41, 5.74) is 2.39. The molecule has 2 saturated heterocycles. The quantitative estimate of drug-likeness (QED) is 0.590. The minimum atomic E-state index is 0.298. The highest BCUT2D eigenvalue weighted by molar-refractivity contribution is 6.30. The Kier molecular flexibility index (Phi) is 5.33. The standard InChI is InChI=1S/C18H23BN4O3/c1-24-18-5-2-14(10-21-18)12-22-6-8-23(9-7-22)17-4-3-15(11-20-17)16-13-25-26-19-16/h2-5,10-11,16,19H,6-9,12-13H2,1H3. The SMILES string of the molecule is COc1ccc(CN2CCN(c3ccc(C4BOOC4)cn3)CC2)cn1. The normalized spacial score (nSPS) is 20.8. The van der Waals surface area contributed by atoms with E-state index in [0.29, 0.717) is 25.8 Å². The Bertz CT molecular complexity index is 699. The zero-order valence-corrected chi connectivity index (χ0v) is 15.0. The first-order chi connectivity index (χ1) is 12.8. The van der Waals surface area contributed by atoms with Gasteiger partial charge < -0.3 is 14.4 Å². The first-order valence-electron chi connectivity index (χ1n) is 8.98. The van der Waals surface area contributed by atoms with Crippen molar-refractivity contribution >= 4 is 13.3 Å². The maximum Gasteiger partial charge on any atom is 0.333 e. The average Bonchev–Trinajstić information content (AvgIpc) is 3.24. The number of piperazine rings is 1. The molecule has 0 spiro atoms. The molecule has 2 aromatic rings. The fraction of sp³-hybridized carbons (Fsp3) is 0.444. The van der Waals surface area contributed by atoms with Crippen LogP contribution < -0.4 is 9.64 Å². The number of anilines is 1. The van der Waals surface area contributed by atoms with Gasteiger partial charge in [0.05, 0.1) is 13.7 Å². The number of pyridine rings is 2. The summed E-state index contributed by atoms with van der Waals surface area (Å²) in [4.78, 5) is 23.7. The fourth-order valence-corrected chi connectivity index (χ4v) is 3.35. The van der Waals surface area contributed by atoms with Gasteiger partial charge in [-0.05, 0) is 17.2 Å². The minimum Gasteiger partial charge on any atom is -0.481 e. The number of aromatic nitrogens is 2. The molecule has 1 atom stereocenters. The van der Waals surface area contributed by atoms with Crippen molar-refractivity contribution in [2.45, 2.75) is 12.4 Å². The molecular formula is C18H23BN4O3. The van der Waals surface area contributed by atoms with Gasteiger partial charge in [-0.2, -0.15) is 0 Å². The van der Waals surface area contributed by atoms with Crippen LogP contribution in [0.25, 0.3) is 0 Å². The van der Waals surface area contributed by atoms with Gasteiger partial charge in [-0.15, -0.1) is 0 Å². The van der Waals surface area contributed by atoms with E-state index in [-0.39, 0.29) is 0 Å². The zero-order chi connectivity index (χ0) is 17.8. The van der Waals surface area contributed by atoms with Gasteiger partial charge in [-0.1, -0.05) is 12.1 Å². The van der Waals surface area contributed by atoms with Crippen LogP contribution in [0.15, 0.2) is 36.7 Å². The van der Waals surface area contributed by atoms with Crippen molar-refractivity contribution in [3.05, 3.63) is 47.8 Å². The summed E-state index contributed by atoms with van der Waals surface area (Å²) < 4.78 is 5.11. The van der Waals surface area contributed by atoms with Crippen molar-refractivity contribution in [2.75, 3.05) is 44.8 Å². The van der Waals surface area contributed by atoms with Crippen LogP contribution in [-0.4, -0.2) is 62.2 Å². The van der Waals surface area contributed by atoms with Gasteiger partial charge in [0.2, 0.25) is 5.88 Å². The van der Waals surface area contributed by atoms with Crippen molar-refractivity contribution in [1.29, 1.82) is 0 Å². The lowest BCUT2D eigenvalue weighted by atomic mass is 9.77. The molecule has 4 rings (SSSR count). The average molecular weight is 354 g/mol. The lowest BCUT2D eigenvalue weighted by Crippen LogP contribution is -2.46. The highest BCUT2D eigenvalue weighted by Crippen LogP contribution is 2.22. The van der Waals surface area contributed by atoms with E-state index in [1.807, 2.05) is 18.5 Å². The molecule has 0 radical (unpaired) electrons. The maximum absolute atomic E-state index is 5.11. The number of ether oxygens (including phenoxy) is 1. The fourth-order valence-electron chi connectivity index (χ4n) is 3.35. The summed E-state index contributed by atoms with van der Waals surface area (Å²) in [5.74, 6) is 2.00. The largest absolute Gasteiger partial charge is 0.481 e. The van der Waals surface area contributed by atoms with Crippen molar-refractivity contribution in [1.82, 2.24) is 14.9 Å². The molecule has 2 aliphatic rings. The molecule has 0 bridgehead atoms. The molecule has 7 nitrogen and oxygen atoms in total. The molecule has 8 heteroatoms. The first-order valence-corrected chi connectivity index (χ1v) is 8.98. The molecule has 2 aromatic heterocycles. The molecule has 0 aromatic carbocycles. The van der Waals surface area contributed by atoms with Crippen molar-refractivity contribution < 1.29 is 14.4 Å². The predicted molar refractivity (Wildman–Crippen MR) is 99.4 cm³/mol. The van der Waals surface area contributed by atoms with Crippen LogP contribution in [0.1, 0.15) is 16.9 Å². The molecule has 4 heterocycles. The summed E-state index contributed by atoms with van der Waals surface area (Å²) in [6.45, 7) is 5.51. The Hall–Kier alpha value is -2.16. The lowest BCUT2D eigenvalue weighted by Gasteiger charge is -2.35. The van der Waals surface area contributed by atoms with Crippen molar-refractivity contribution in [3.8, 4) is 5.88 Å². The maximum atomic E-state index is 5.11. The minimum absolute atomic E-state index is 0.298. The van der Waals surface area contributed by atoms with Gasteiger partial charge in [0.1, 0.15) is 5.82 Å². The second-order valence-electron chi connectivity index (χ2n) is 6.69. The van der Waals surface area contributed by atoms with Gasteiger partial charge in [0, 0.05) is 57.0 Å². The Morgan fingerprint density at radius 2 is 2.00 bits per heavy atom. The van der Waals surface area contributed by atoms with E-state index in [9.17, 15) is 0 Å². The van der Waals surface area contributed by atoms with Crippen LogP contribution in [0.5, 0.6) is 5.88 Å². The number of methoxy groups -OCH3 is 1. The van der Waals surface area contributed by atoms with Crippen molar-refractivity contribution in [2.24, 2.45) is 0 Å². The molecule has 26 heavy (non-hydrogen) atoms. The van der Waals surface area contributed by atoms with E-state index in [1.165, 1.54) is 11.1 Å². The van der Waals surface area contributed by atoms with Gasteiger partial charge in [-0.3, -0.25) is 9.79 Å². The summed E-state index contributed by atoms with van der Waals surface area (Å²) in [5, 5.41) is 0. The van der Waals surface area contributed by atoms with Crippen LogP contribution in [0.3, 0.4) is 0 Å². The van der Waals surface area contributed by atoms with Crippen LogP contribution >= 0.6 is 0 Å². The van der Waals surface area contributed by atoms with E-state index in [2.05, 4.69) is 38.0 Å². The Labute approximate surface area is 154 Å². The second-order valence-corrected chi connectivity index (χ2v) is 6.69. The van der Waals surface area contributed by atoms with E-state index >= 15 is 0 Å². The van der Waals surface area contributed by atoms with Gasteiger partial charge in [0.25, 0.3) is 0 Å². The van der Waals surface area contributed by atoms with E-state index in [4.69, 9.17) is 14.4 Å². The van der Waals surface area contributed by atoms with E-state index in [0.717, 1.165) is 38.5 Å². The predicted octanol–water partition coefficient (Wildman–Crippen LogP) is 1.16. The molecular weight excluding hydrogens is 331 g/mol. The molecule has 0 saturated carbocycles. The summed E-state index contributed by atoms with van der Waals surface area (Å²) in [6, 6.07) is 8.24. The third kappa shape index (κ3) is 3.98. The third-order valence-corrected chi connectivity index (χ3v) is 4.97. The Balaban J connectivity index is 1.30. The summed E-state index contributed by atoms with van der Waals surface area (Å²) in [7, 11) is 2.25. The van der Waals surface area contributed by atoms with Crippen LogP contribution in [-0.2, 0) is 16.2 Å². The molecule has 1 unspecified atom stereocenters. The number of hydrogen-bond acceptors (Lipinski definition) is 7. The summed E-state index contributed by atoms with van der Waals surface area (Å²) in [6.07, 6.45) is 3.84. The molecule has 2 fully saturated rings. The third-order valence-electron chi connectivity index (χ3n) is 4.97. The highest BCUT2D eigenvalue weighted by Gasteiger charge is 2.23. The molecule has 0 aliphatic carbocycles. The van der Waals surface area contributed by atoms with Gasteiger partial charge in [0.15, 0.2) is 0 Å². The number of hydrogen-bond donors (Lipinski definition) is 0. The first kappa shape index (κ1) is 17.3. The van der Waals surface area contributed by atoms with Crippen molar-refractivity contribution in [3.63, 3.8) is 0 Å².